The minimum absolute atomic E-state index is 0.0306. The zero-order valence-corrected chi connectivity index (χ0v) is 9.09. The van der Waals surface area contributed by atoms with E-state index in [0.29, 0.717) is 5.92 Å². The number of sulfonamides is 1. The first-order valence-electron chi connectivity index (χ1n) is 4.68. The summed E-state index contributed by atoms with van der Waals surface area (Å²) in [6, 6.07) is 0. The topological polar surface area (TPSA) is 75.6 Å². The zero-order chi connectivity index (χ0) is 10.6. The van der Waals surface area contributed by atoms with Gasteiger partial charge >= 0.3 is 0 Å². The van der Waals surface area contributed by atoms with Crippen LogP contribution >= 0.6 is 0 Å². The number of rotatable bonds is 7. The summed E-state index contributed by atoms with van der Waals surface area (Å²) in [6.45, 7) is 0.175. The molecule has 1 saturated carbocycles. The van der Waals surface area contributed by atoms with Crippen molar-refractivity contribution in [3.63, 3.8) is 0 Å². The summed E-state index contributed by atoms with van der Waals surface area (Å²) in [5, 5.41) is 9.21. The van der Waals surface area contributed by atoms with E-state index in [0.717, 1.165) is 12.8 Å². The molecule has 0 heterocycles. The lowest BCUT2D eigenvalue weighted by Crippen LogP contribution is -2.36. The molecule has 1 rings (SSSR count). The van der Waals surface area contributed by atoms with E-state index in [9.17, 15) is 13.5 Å². The van der Waals surface area contributed by atoms with Crippen molar-refractivity contribution in [1.29, 1.82) is 0 Å². The summed E-state index contributed by atoms with van der Waals surface area (Å²) in [5.41, 5.74) is 0. The van der Waals surface area contributed by atoms with Gasteiger partial charge in [0, 0.05) is 13.7 Å². The Bertz CT molecular complexity index is 261. The normalized spacial score (nSPS) is 19.6. The summed E-state index contributed by atoms with van der Waals surface area (Å²) < 4.78 is 29.7. The van der Waals surface area contributed by atoms with Crippen molar-refractivity contribution in [1.82, 2.24) is 4.72 Å². The van der Waals surface area contributed by atoms with Crippen LogP contribution in [0.15, 0.2) is 0 Å². The second kappa shape index (κ2) is 5.06. The predicted octanol–water partition coefficient (Wildman–Crippen LogP) is -0.677. The molecule has 2 N–H and O–H groups in total. The van der Waals surface area contributed by atoms with Crippen LogP contribution in [0.5, 0.6) is 0 Å². The summed E-state index contributed by atoms with van der Waals surface area (Å²) in [5.74, 6) is 0.513. The first-order valence-corrected chi connectivity index (χ1v) is 6.33. The first kappa shape index (κ1) is 11.9. The van der Waals surface area contributed by atoms with Crippen molar-refractivity contribution >= 4 is 10.0 Å². The fraction of sp³-hybridized carbons (Fsp3) is 1.00. The maximum absolute atomic E-state index is 11.3. The SMILES string of the molecule is COCC(O)CNS(=O)(=O)CC1CC1. The van der Waals surface area contributed by atoms with Crippen LogP contribution in [0.3, 0.4) is 0 Å². The van der Waals surface area contributed by atoms with Crippen molar-refractivity contribution in [3.05, 3.63) is 0 Å². The van der Waals surface area contributed by atoms with Crippen molar-refractivity contribution in [2.75, 3.05) is 26.0 Å². The zero-order valence-electron chi connectivity index (χ0n) is 8.27. The van der Waals surface area contributed by atoms with Crippen LogP contribution in [0.4, 0.5) is 0 Å². The van der Waals surface area contributed by atoms with E-state index in [4.69, 9.17) is 0 Å². The van der Waals surface area contributed by atoms with E-state index in [1.54, 1.807) is 0 Å². The lowest BCUT2D eigenvalue weighted by Gasteiger charge is -2.10. The van der Waals surface area contributed by atoms with E-state index in [2.05, 4.69) is 9.46 Å². The maximum atomic E-state index is 11.3. The second-order valence-electron chi connectivity index (χ2n) is 3.68. The van der Waals surface area contributed by atoms with Gasteiger partial charge in [-0.15, -0.1) is 0 Å². The molecule has 0 bridgehead atoms. The van der Waals surface area contributed by atoms with Crippen LogP contribution in [0.25, 0.3) is 0 Å². The lowest BCUT2D eigenvalue weighted by molar-refractivity contribution is 0.0679. The van der Waals surface area contributed by atoms with E-state index in [1.807, 2.05) is 0 Å². The minimum atomic E-state index is -3.20. The Hall–Kier alpha value is -0.170. The van der Waals surface area contributed by atoms with Gasteiger partial charge in [0.25, 0.3) is 0 Å². The fourth-order valence-electron chi connectivity index (χ4n) is 1.13. The van der Waals surface area contributed by atoms with Gasteiger partial charge < -0.3 is 9.84 Å². The third kappa shape index (κ3) is 4.90. The first-order chi connectivity index (χ1) is 6.53. The van der Waals surface area contributed by atoms with E-state index < -0.39 is 16.1 Å². The van der Waals surface area contributed by atoms with Crippen LogP contribution in [0.2, 0.25) is 0 Å². The fourth-order valence-corrected chi connectivity index (χ4v) is 2.65. The summed E-state index contributed by atoms with van der Waals surface area (Å²) in [6.07, 6.45) is 1.23. The molecule has 84 valence electrons. The molecule has 5 nitrogen and oxygen atoms in total. The molecule has 0 aromatic heterocycles. The smallest absolute Gasteiger partial charge is 0.211 e. The molecule has 0 amide bonds. The molecule has 0 aliphatic heterocycles. The van der Waals surface area contributed by atoms with Gasteiger partial charge in [0.05, 0.1) is 18.5 Å². The predicted molar refractivity (Wildman–Crippen MR) is 52.4 cm³/mol. The molecular weight excluding hydrogens is 206 g/mol. The second-order valence-corrected chi connectivity index (χ2v) is 5.53. The van der Waals surface area contributed by atoms with Crippen LogP contribution < -0.4 is 4.72 Å². The monoisotopic (exact) mass is 223 g/mol. The highest BCUT2D eigenvalue weighted by molar-refractivity contribution is 7.89. The molecule has 1 unspecified atom stereocenters. The quantitative estimate of drug-likeness (QED) is 0.600. The van der Waals surface area contributed by atoms with Crippen molar-refractivity contribution in [2.24, 2.45) is 5.92 Å². The third-order valence-electron chi connectivity index (χ3n) is 2.05. The lowest BCUT2D eigenvalue weighted by atomic mass is 10.4. The van der Waals surface area contributed by atoms with Gasteiger partial charge in [0.2, 0.25) is 10.0 Å². The van der Waals surface area contributed by atoms with Crippen LogP contribution in [-0.2, 0) is 14.8 Å². The van der Waals surface area contributed by atoms with Gasteiger partial charge in [-0.1, -0.05) is 0 Å². The molecule has 1 aliphatic rings. The molecular formula is C8H17NO4S. The molecule has 0 radical (unpaired) electrons. The van der Waals surface area contributed by atoms with Crippen LogP contribution in [-0.4, -0.2) is 45.6 Å². The third-order valence-corrected chi connectivity index (χ3v) is 3.57. The van der Waals surface area contributed by atoms with Crippen molar-refractivity contribution in [3.8, 4) is 0 Å². The largest absolute Gasteiger partial charge is 0.389 e. The summed E-state index contributed by atoms with van der Waals surface area (Å²) in [4.78, 5) is 0. The molecule has 0 aromatic carbocycles. The highest BCUT2D eigenvalue weighted by atomic mass is 32.2. The van der Waals surface area contributed by atoms with Crippen molar-refractivity contribution < 1.29 is 18.3 Å². The van der Waals surface area contributed by atoms with Gasteiger partial charge in [-0.3, -0.25) is 0 Å². The highest BCUT2D eigenvalue weighted by Gasteiger charge is 2.27. The van der Waals surface area contributed by atoms with E-state index >= 15 is 0 Å². The number of aliphatic hydroxyl groups excluding tert-OH is 1. The number of hydrogen-bond acceptors (Lipinski definition) is 4. The van der Waals surface area contributed by atoms with E-state index in [1.165, 1.54) is 7.11 Å². The Kier molecular flexibility index (Phi) is 4.31. The molecule has 6 heteroatoms. The average Bonchev–Trinajstić information content (AvgIpc) is 2.85. The number of ether oxygens (including phenoxy) is 1. The van der Waals surface area contributed by atoms with Gasteiger partial charge in [-0.25, -0.2) is 13.1 Å². The number of nitrogens with one attached hydrogen (secondary N) is 1. The Morgan fingerprint density at radius 2 is 2.21 bits per heavy atom. The average molecular weight is 223 g/mol. The van der Waals surface area contributed by atoms with Gasteiger partial charge in [-0.2, -0.15) is 0 Å². The highest BCUT2D eigenvalue weighted by Crippen LogP contribution is 2.29. The molecule has 1 aliphatic carbocycles. The summed E-state index contributed by atoms with van der Waals surface area (Å²) in [7, 11) is -1.74. The maximum Gasteiger partial charge on any atom is 0.211 e. The number of aliphatic hydroxyl groups is 1. The Balaban J connectivity index is 2.20. The van der Waals surface area contributed by atoms with Crippen LogP contribution in [0.1, 0.15) is 12.8 Å². The standard InChI is InChI=1S/C8H17NO4S/c1-13-5-8(10)4-9-14(11,12)6-7-2-3-7/h7-10H,2-6H2,1H3. The molecule has 0 aromatic rings. The molecule has 1 fully saturated rings. The Morgan fingerprint density at radius 3 is 2.71 bits per heavy atom. The summed E-state index contributed by atoms with van der Waals surface area (Å²) >= 11 is 0. The number of hydrogen-bond donors (Lipinski definition) is 2. The Morgan fingerprint density at radius 1 is 1.57 bits per heavy atom. The molecule has 0 saturated heterocycles. The molecule has 14 heavy (non-hydrogen) atoms. The molecule has 0 spiro atoms. The van der Waals surface area contributed by atoms with Gasteiger partial charge in [0.15, 0.2) is 0 Å². The number of methoxy groups -OCH3 is 1. The van der Waals surface area contributed by atoms with Gasteiger partial charge in [0.1, 0.15) is 0 Å². The Labute approximate surface area is 84.5 Å². The van der Waals surface area contributed by atoms with Gasteiger partial charge in [-0.05, 0) is 18.8 Å². The minimum Gasteiger partial charge on any atom is -0.389 e. The van der Waals surface area contributed by atoms with E-state index in [-0.39, 0.29) is 18.9 Å². The molecule has 1 atom stereocenters. The van der Waals surface area contributed by atoms with Crippen molar-refractivity contribution in [2.45, 2.75) is 18.9 Å². The van der Waals surface area contributed by atoms with Crippen LogP contribution in [0, 0.1) is 5.92 Å².